The molecule has 2 nitrogen and oxygen atoms in total. The fourth-order valence-electron chi connectivity index (χ4n) is 1.63. The highest BCUT2D eigenvalue weighted by Crippen LogP contribution is 2.28. The van der Waals surface area contributed by atoms with Crippen molar-refractivity contribution in [2.75, 3.05) is 13.9 Å². The minimum absolute atomic E-state index is 0.319. The van der Waals surface area contributed by atoms with Crippen molar-refractivity contribution in [3.63, 3.8) is 0 Å². The topological polar surface area (TPSA) is 18.5 Å². The van der Waals surface area contributed by atoms with Gasteiger partial charge >= 0.3 is 0 Å². The number of methoxy groups -OCH3 is 1. The third-order valence-electron chi connectivity index (χ3n) is 2.40. The maximum atomic E-state index is 5.35. The van der Waals surface area contributed by atoms with Crippen molar-refractivity contribution in [2.45, 2.75) is 6.61 Å². The lowest BCUT2D eigenvalue weighted by atomic mass is 10.1. The molecule has 0 saturated heterocycles. The first-order chi connectivity index (χ1) is 7.83. The lowest BCUT2D eigenvalue weighted by molar-refractivity contribution is -0.0392. The van der Waals surface area contributed by atoms with Crippen LogP contribution in [-0.2, 0) is 16.1 Å². The van der Waals surface area contributed by atoms with E-state index in [-0.39, 0.29) is 0 Å². The first-order valence-corrected chi connectivity index (χ1v) is 5.85. The molecule has 0 aliphatic rings. The van der Waals surface area contributed by atoms with Gasteiger partial charge in [0.25, 0.3) is 0 Å². The molecule has 0 heterocycles. The fraction of sp³-hybridized carbons (Fsp3) is 0.231. The first kappa shape index (κ1) is 11.6. The van der Waals surface area contributed by atoms with Gasteiger partial charge in [-0.25, -0.2) is 0 Å². The predicted octanol–water partition coefficient (Wildman–Crippen LogP) is 3.72. The summed E-state index contributed by atoms with van der Waals surface area (Å²) in [4.78, 5) is 0. The van der Waals surface area contributed by atoms with E-state index in [9.17, 15) is 0 Å². The summed E-state index contributed by atoms with van der Waals surface area (Å²) in [6.45, 7) is 0.874. The number of rotatable bonds is 4. The Morgan fingerprint density at radius 1 is 1.12 bits per heavy atom. The van der Waals surface area contributed by atoms with Crippen LogP contribution in [0, 0.1) is 0 Å². The average Bonchev–Trinajstić information content (AvgIpc) is 2.33. The predicted molar refractivity (Wildman–Crippen MR) is 68.3 cm³/mol. The lowest BCUT2D eigenvalue weighted by Crippen LogP contribution is -1.97. The van der Waals surface area contributed by atoms with Crippen LogP contribution >= 0.6 is 15.9 Å². The van der Waals surface area contributed by atoms with E-state index in [1.807, 2.05) is 12.1 Å². The Kier molecular flexibility index (Phi) is 3.93. The van der Waals surface area contributed by atoms with Crippen molar-refractivity contribution < 1.29 is 9.47 Å². The Balaban J connectivity index is 2.29. The Bertz CT molecular complexity index is 482. The molecule has 0 atom stereocenters. The standard InChI is InChI=1S/C13H13BrO2/c1-15-9-16-8-11-7-6-10-4-2-3-5-12(10)13(11)14/h2-7H,8-9H2,1H3. The molecule has 0 radical (unpaired) electrons. The molecular formula is C13H13BrO2. The zero-order valence-corrected chi connectivity index (χ0v) is 10.7. The summed E-state index contributed by atoms with van der Waals surface area (Å²) in [6, 6.07) is 12.4. The molecule has 2 rings (SSSR count). The Labute approximate surface area is 103 Å². The van der Waals surface area contributed by atoms with Crippen molar-refractivity contribution in [3.8, 4) is 0 Å². The van der Waals surface area contributed by atoms with Crippen molar-refractivity contribution in [1.82, 2.24) is 0 Å². The van der Waals surface area contributed by atoms with Gasteiger partial charge in [0, 0.05) is 11.6 Å². The van der Waals surface area contributed by atoms with Crippen LogP contribution in [0.25, 0.3) is 10.8 Å². The zero-order chi connectivity index (χ0) is 11.4. The molecule has 0 aliphatic carbocycles. The fourth-order valence-corrected chi connectivity index (χ4v) is 2.23. The summed E-state index contributed by atoms with van der Waals surface area (Å²) in [5.74, 6) is 0. The minimum Gasteiger partial charge on any atom is -0.359 e. The molecular weight excluding hydrogens is 268 g/mol. The van der Waals surface area contributed by atoms with Gasteiger partial charge in [-0.1, -0.05) is 36.4 Å². The SMILES string of the molecule is COCOCc1ccc2ccccc2c1Br. The third kappa shape index (κ3) is 2.43. The van der Waals surface area contributed by atoms with Crippen molar-refractivity contribution in [3.05, 3.63) is 46.4 Å². The van der Waals surface area contributed by atoms with Crippen LogP contribution in [0.4, 0.5) is 0 Å². The van der Waals surface area contributed by atoms with Crippen molar-refractivity contribution in [1.29, 1.82) is 0 Å². The second kappa shape index (κ2) is 5.43. The molecule has 0 aliphatic heterocycles. The molecule has 0 saturated carbocycles. The summed E-state index contributed by atoms with van der Waals surface area (Å²) in [5.41, 5.74) is 1.13. The van der Waals surface area contributed by atoms with Gasteiger partial charge in [0.15, 0.2) is 0 Å². The van der Waals surface area contributed by atoms with Crippen LogP contribution in [-0.4, -0.2) is 13.9 Å². The smallest absolute Gasteiger partial charge is 0.146 e. The summed E-state index contributed by atoms with van der Waals surface area (Å²) in [6.07, 6.45) is 0. The van der Waals surface area contributed by atoms with E-state index in [2.05, 4.69) is 40.2 Å². The van der Waals surface area contributed by atoms with Crippen LogP contribution < -0.4 is 0 Å². The highest BCUT2D eigenvalue weighted by molar-refractivity contribution is 9.10. The van der Waals surface area contributed by atoms with Crippen LogP contribution in [0.1, 0.15) is 5.56 Å². The molecule has 0 fully saturated rings. The van der Waals surface area contributed by atoms with Gasteiger partial charge in [-0.3, -0.25) is 0 Å². The van der Waals surface area contributed by atoms with Gasteiger partial charge in [0.1, 0.15) is 6.79 Å². The average molecular weight is 281 g/mol. The van der Waals surface area contributed by atoms with E-state index in [4.69, 9.17) is 9.47 Å². The molecule has 16 heavy (non-hydrogen) atoms. The maximum Gasteiger partial charge on any atom is 0.146 e. The monoisotopic (exact) mass is 280 g/mol. The molecule has 2 aromatic carbocycles. The molecule has 2 aromatic rings. The van der Waals surface area contributed by atoms with E-state index in [0.717, 1.165) is 10.0 Å². The van der Waals surface area contributed by atoms with Crippen LogP contribution in [0.15, 0.2) is 40.9 Å². The van der Waals surface area contributed by atoms with E-state index >= 15 is 0 Å². The number of hydrogen-bond donors (Lipinski definition) is 0. The zero-order valence-electron chi connectivity index (χ0n) is 9.07. The van der Waals surface area contributed by atoms with Gasteiger partial charge < -0.3 is 9.47 Å². The van der Waals surface area contributed by atoms with Gasteiger partial charge in [0.05, 0.1) is 6.61 Å². The van der Waals surface area contributed by atoms with Gasteiger partial charge in [-0.05, 0) is 32.3 Å². The van der Waals surface area contributed by atoms with Crippen LogP contribution in [0.5, 0.6) is 0 Å². The van der Waals surface area contributed by atoms with Crippen molar-refractivity contribution in [2.24, 2.45) is 0 Å². The molecule has 0 amide bonds. The van der Waals surface area contributed by atoms with E-state index in [1.165, 1.54) is 10.8 Å². The highest BCUT2D eigenvalue weighted by atomic mass is 79.9. The van der Waals surface area contributed by atoms with E-state index in [1.54, 1.807) is 7.11 Å². The maximum absolute atomic E-state index is 5.35. The van der Waals surface area contributed by atoms with Gasteiger partial charge in [-0.15, -0.1) is 0 Å². The number of ether oxygens (including phenoxy) is 2. The van der Waals surface area contributed by atoms with E-state index in [0.29, 0.717) is 13.4 Å². The van der Waals surface area contributed by atoms with Crippen molar-refractivity contribution >= 4 is 26.7 Å². The minimum atomic E-state index is 0.319. The Morgan fingerprint density at radius 3 is 2.75 bits per heavy atom. The molecule has 0 bridgehead atoms. The highest BCUT2D eigenvalue weighted by Gasteiger charge is 2.04. The number of halogens is 1. The second-order valence-electron chi connectivity index (χ2n) is 3.51. The van der Waals surface area contributed by atoms with Gasteiger partial charge in [0.2, 0.25) is 0 Å². The summed E-state index contributed by atoms with van der Waals surface area (Å²) >= 11 is 3.61. The third-order valence-corrected chi connectivity index (χ3v) is 3.34. The summed E-state index contributed by atoms with van der Waals surface area (Å²) in [7, 11) is 1.62. The first-order valence-electron chi connectivity index (χ1n) is 5.05. The normalized spacial score (nSPS) is 10.9. The summed E-state index contributed by atoms with van der Waals surface area (Å²) in [5, 5.41) is 2.44. The number of benzene rings is 2. The second-order valence-corrected chi connectivity index (χ2v) is 4.31. The van der Waals surface area contributed by atoms with Crippen LogP contribution in [0.2, 0.25) is 0 Å². The Morgan fingerprint density at radius 2 is 1.94 bits per heavy atom. The largest absolute Gasteiger partial charge is 0.359 e. The molecule has 0 aromatic heterocycles. The lowest BCUT2D eigenvalue weighted by Gasteiger charge is -2.08. The molecule has 0 unspecified atom stereocenters. The quantitative estimate of drug-likeness (QED) is 0.628. The molecule has 3 heteroatoms. The number of hydrogen-bond acceptors (Lipinski definition) is 2. The van der Waals surface area contributed by atoms with Gasteiger partial charge in [-0.2, -0.15) is 0 Å². The summed E-state index contributed by atoms with van der Waals surface area (Å²) < 4.78 is 11.3. The molecule has 0 spiro atoms. The Hall–Kier alpha value is -0.900. The molecule has 84 valence electrons. The van der Waals surface area contributed by atoms with Crippen LogP contribution in [0.3, 0.4) is 0 Å². The molecule has 0 N–H and O–H groups in total. The van der Waals surface area contributed by atoms with E-state index < -0.39 is 0 Å². The number of fused-ring (bicyclic) bond motifs is 1.